The van der Waals surface area contributed by atoms with Gasteiger partial charge < -0.3 is 0 Å². The molecule has 1 aromatic rings. The summed E-state index contributed by atoms with van der Waals surface area (Å²) in [6.07, 6.45) is 5.19. The summed E-state index contributed by atoms with van der Waals surface area (Å²) in [5.74, 6) is 1.53. The third-order valence-electron chi connectivity index (χ3n) is 3.62. The van der Waals surface area contributed by atoms with Crippen molar-refractivity contribution in [1.82, 2.24) is 0 Å². The standard InChI is InChI=1S/C13H18Cl2S/c1-8-3-5-10(6-4-8)12(14)11-7-9(2)13(15)16-11/h7-8,10,12H,3-6H2,1-2H3. The zero-order valence-corrected chi connectivity index (χ0v) is 12.1. The average Bonchev–Trinajstić information content (AvgIpc) is 2.59. The van der Waals surface area contributed by atoms with E-state index in [1.165, 1.54) is 30.6 Å². The van der Waals surface area contributed by atoms with E-state index in [4.69, 9.17) is 23.2 Å². The van der Waals surface area contributed by atoms with E-state index in [1.54, 1.807) is 11.3 Å². The van der Waals surface area contributed by atoms with Crippen molar-refractivity contribution in [3.05, 3.63) is 20.8 Å². The molecule has 0 nitrogen and oxygen atoms in total. The summed E-state index contributed by atoms with van der Waals surface area (Å²) in [5, 5.41) is 0.170. The first-order valence-electron chi connectivity index (χ1n) is 5.98. The van der Waals surface area contributed by atoms with Crippen molar-refractivity contribution in [3.63, 3.8) is 0 Å². The lowest BCUT2D eigenvalue weighted by atomic mass is 9.81. The molecule has 1 heterocycles. The maximum Gasteiger partial charge on any atom is 0.0960 e. The second-order valence-corrected chi connectivity index (χ2v) is 7.18. The molecule has 1 saturated carbocycles. The highest BCUT2D eigenvalue weighted by atomic mass is 35.5. The minimum atomic E-state index is 0.170. The highest BCUT2D eigenvalue weighted by Crippen LogP contribution is 2.44. The van der Waals surface area contributed by atoms with Gasteiger partial charge in [0, 0.05) is 4.88 Å². The fourth-order valence-corrected chi connectivity index (χ4v) is 4.17. The molecule has 0 amide bonds. The lowest BCUT2D eigenvalue weighted by Crippen LogP contribution is -2.15. The van der Waals surface area contributed by atoms with Crippen LogP contribution in [0.5, 0.6) is 0 Å². The van der Waals surface area contributed by atoms with Gasteiger partial charge in [-0.2, -0.15) is 0 Å². The van der Waals surface area contributed by atoms with Crippen LogP contribution in [-0.2, 0) is 0 Å². The third-order valence-corrected chi connectivity index (χ3v) is 5.98. The average molecular weight is 277 g/mol. The minimum Gasteiger partial charge on any atom is -0.127 e. The summed E-state index contributed by atoms with van der Waals surface area (Å²) in [4.78, 5) is 1.25. The first kappa shape index (κ1) is 12.7. The van der Waals surface area contributed by atoms with Gasteiger partial charge in [0.1, 0.15) is 0 Å². The zero-order chi connectivity index (χ0) is 11.7. The van der Waals surface area contributed by atoms with Crippen molar-refractivity contribution < 1.29 is 0 Å². The Hall–Kier alpha value is 0.280. The molecule has 0 saturated heterocycles. The van der Waals surface area contributed by atoms with E-state index in [0.717, 1.165) is 15.8 Å². The predicted molar refractivity (Wildman–Crippen MR) is 73.8 cm³/mol. The van der Waals surface area contributed by atoms with E-state index >= 15 is 0 Å². The number of thiophene rings is 1. The van der Waals surface area contributed by atoms with Crippen LogP contribution in [0.4, 0.5) is 0 Å². The zero-order valence-electron chi connectivity index (χ0n) is 9.80. The SMILES string of the molecule is Cc1cc(C(Cl)C2CCC(C)CC2)sc1Cl. The fourth-order valence-electron chi connectivity index (χ4n) is 2.43. The van der Waals surface area contributed by atoms with Crippen LogP contribution in [0.25, 0.3) is 0 Å². The number of aryl methyl sites for hydroxylation is 1. The molecule has 16 heavy (non-hydrogen) atoms. The second kappa shape index (κ2) is 5.29. The van der Waals surface area contributed by atoms with Gasteiger partial charge in [0.15, 0.2) is 0 Å². The highest BCUT2D eigenvalue weighted by Gasteiger charge is 2.27. The van der Waals surface area contributed by atoms with Crippen molar-refractivity contribution in [3.8, 4) is 0 Å². The first-order chi connectivity index (χ1) is 7.58. The topological polar surface area (TPSA) is 0 Å². The minimum absolute atomic E-state index is 0.170. The van der Waals surface area contributed by atoms with Gasteiger partial charge in [-0.1, -0.05) is 31.4 Å². The molecule has 1 unspecified atom stereocenters. The molecule has 0 N–H and O–H groups in total. The summed E-state index contributed by atoms with van der Waals surface area (Å²) in [6, 6.07) is 2.16. The summed E-state index contributed by atoms with van der Waals surface area (Å²) >= 11 is 14.3. The van der Waals surface area contributed by atoms with Crippen LogP contribution >= 0.6 is 34.5 Å². The van der Waals surface area contributed by atoms with E-state index in [-0.39, 0.29) is 5.38 Å². The van der Waals surface area contributed by atoms with E-state index in [9.17, 15) is 0 Å². The molecule has 1 fully saturated rings. The van der Waals surface area contributed by atoms with Gasteiger partial charge in [-0.25, -0.2) is 0 Å². The molecule has 90 valence electrons. The van der Waals surface area contributed by atoms with Crippen LogP contribution in [0.15, 0.2) is 6.07 Å². The number of hydrogen-bond acceptors (Lipinski definition) is 1. The number of hydrogen-bond donors (Lipinski definition) is 0. The highest BCUT2D eigenvalue weighted by molar-refractivity contribution is 7.16. The van der Waals surface area contributed by atoms with Gasteiger partial charge in [-0.15, -0.1) is 22.9 Å². The molecule has 1 aromatic heterocycles. The van der Waals surface area contributed by atoms with E-state index in [0.29, 0.717) is 5.92 Å². The molecule has 1 aliphatic carbocycles. The maximum absolute atomic E-state index is 6.57. The lowest BCUT2D eigenvalue weighted by Gasteiger charge is -2.29. The number of halogens is 2. The fraction of sp³-hybridized carbons (Fsp3) is 0.692. The monoisotopic (exact) mass is 276 g/mol. The van der Waals surface area contributed by atoms with E-state index in [1.807, 2.05) is 0 Å². The van der Waals surface area contributed by atoms with Crippen molar-refractivity contribution in [2.75, 3.05) is 0 Å². The molecule has 0 aromatic carbocycles. The van der Waals surface area contributed by atoms with Gasteiger partial charge in [-0.3, -0.25) is 0 Å². The summed E-state index contributed by atoms with van der Waals surface area (Å²) in [7, 11) is 0. The molecule has 3 heteroatoms. The van der Waals surface area contributed by atoms with E-state index in [2.05, 4.69) is 19.9 Å². The van der Waals surface area contributed by atoms with Crippen molar-refractivity contribution in [2.24, 2.45) is 11.8 Å². The summed E-state index contributed by atoms with van der Waals surface area (Å²) in [6.45, 7) is 4.39. The van der Waals surface area contributed by atoms with Crippen LogP contribution in [0, 0.1) is 18.8 Å². The second-order valence-electron chi connectivity index (χ2n) is 5.03. The maximum atomic E-state index is 6.57. The Bertz CT molecular complexity index is 331. The molecule has 0 spiro atoms. The van der Waals surface area contributed by atoms with Gasteiger partial charge in [0.2, 0.25) is 0 Å². The lowest BCUT2D eigenvalue weighted by molar-refractivity contribution is 0.284. The van der Waals surface area contributed by atoms with Crippen molar-refractivity contribution in [1.29, 1.82) is 0 Å². The Kier molecular flexibility index (Phi) is 4.21. The number of rotatable bonds is 2. The molecule has 0 aliphatic heterocycles. The van der Waals surface area contributed by atoms with Crippen LogP contribution in [0.2, 0.25) is 4.34 Å². The Labute approximate surface area is 112 Å². The van der Waals surface area contributed by atoms with Crippen LogP contribution < -0.4 is 0 Å². The molecular weight excluding hydrogens is 259 g/mol. The van der Waals surface area contributed by atoms with Gasteiger partial charge >= 0.3 is 0 Å². The van der Waals surface area contributed by atoms with Gasteiger partial charge in [0.05, 0.1) is 9.71 Å². The first-order valence-corrected chi connectivity index (χ1v) is 7.61. The van der Waals surface area contributed by atoms with Gasteiger partial charge in [0.25, 0.3) is 0 Å². The van der Waals surface area contributed by atoms with Crippen LogP contribution in [-0.4, -0.2) is 0 Å². The Balaban J connectivity index is 2.04. The van der Waals surface area contributed by atoms with Crippen LogP contribution in [0.1, 0.15) is 48.4 Å². The number of alkyl halides is 1. The molecular formula is C13H18Cl2S. The molecule has 0 radical (unpaired) electrons. The summed E-state index contributed by atoms with van der Waals surface area (Å²) in [5.41, 5.74) is 1.16. The largest absolute Gasteiger partial charge is 0.127 e. The normalized spacial score (nSPS) is 28.0. The summed E-state index contributed by atoms with van der Waals surface area (Å²) < 4.78 is 0.893. The molecule has 1 atom stereocenters. The van der Waals surface area contributed by atoms with E-state index < -0.39 is 0 Å². The predicted octanol–water partition coefficient (Wildman–Crippen LogP) is 5.82. The van der Waals surface area contributed by atoms with Crippen LogP contribution in [0.3, 0.4) is 0 Å². The van der Waals surface area contributed by atoms with Crippen molar-refractivity contribution >= 4 is 34.5 Å². The Morgan fingerprint density at radius 1 is 1.31 bits per heavy atom. The molecule has 2 rings (SSSR count). The smallest absolute Gasteiger partial charge is 0.0960 e. The van der Waals surface area contributed by atoms with Crippen molar-refractivity contribution in [2.45, 2.75) is 44.9 Å². The molecule has 1 aliphatic rings. The quantitative estimate of drug-likeness (QED) is 0.598. The third kappa shape index (κ3) is 2.75. The molecule has 0 bridgehead atoms. The van der Waals surface area contributed by atoms with Gasteiger partial charge in [-0.05, 0) is 43.2 Å². The Morgan fingerprint density at radius 3 is 2.44 bits per heavy atom. The Morgan fingerprint density at radius 2 is 1.94 bits per heavy atom.